The Balaban J connectivity index is 1.39. The lowest BCUT2D eigenvalue weighted by molar-refractivity contribution is -0.171. The van der Waals surface area contributed by atoms with E-state index in [1.54, 1.807) is 35.7 Å². The van der Waals surface area contributed by atoms with Gasteiger partial charge < -0.3 is 15.2 Å². The molecular formula is C23H29N3O4. The Morgan fingerprint density at radius 3 is 2.70 bits per heavy atom. The fourth-order valence-electron chi connectivity index (χ4n) is 6.71. The van der Waals surface area contributed by atoms with Gasteiger partial charge in [-0.2, -0.15) is 0 Å². The zero-order chi connectivity index (χ0) is 21.1. The fraction of sp³-hybridized carbons (Fsp3) is 0.609. The molecule has 4 saturated carbocycles. The van der Waals surface area contributed by atoms with E-state index in [0.29, 0.717) is 23.2 Å². The van der Waals surface area contributed by atoms with Crippen LogP contribution in [0.25, 0.3) is 5.65 Å². The van der Waals surface area contributed by atoms with Crippen molar-refractivity contribution in [2.45, 2.75) is 64.0 Å². The highest BCUT2D eigenvalue weighted by molar-refractivity contribution is 5.94. The van der Waals surface area contributed by atoms with Gasteiger partial charge >= 0.3 is 5.97 Å². The molecule has 2 aromatic heterocycles. The van der Waals surface area contributed by atoms with Crippen molar-refractivity contribution in [1.29, 1.82) is 0 Å². The highest BCUT2D eigenvalue weighted by Crippen LogP contribution is 2.62. The molecule has 0 aliphatic heterocycles. The average molecular weight is 412 g/mol. The van der Waals surface area contributed by atoms with E-state index in [9.17, 15) is 14.7 Å². The van der Waals surface area contributed by atoms with E-state index in [4.69, 9.17) is 4.74 Å². The van der Waals surface area contributed by atoms with E-state index in [1.807, 2.05) is 0 Å². The normalized spacial score (nSPS) is 32.9. The SMILES string of the molecule is CCOC(=O)c1cn2c(C(=O)NC(C)C34CC5CC(CC(O)(C5)C3)C4)cccc2n1. The van der Waals surface area contributed by atoms with Crippen LogP contribution in [0.2, 0.25) is 0 Å². The van der Waals surface area contributed by atoms with Crippen LogP contribution in [-0.2, 0) is 4.74 Å². The molecule has 7 nitrogen and oxygen atoms in total. The molecule has 3 unspecified atom stereocenters. The van der Waals surface area contributed by atoms with Crippen molar-refractivity contribution in [1.82, 2.24) is 14.7 Å². The molecule has 30 heavy (non-hydrogen) atoms. The summed E-state index contributed by atoms with van der Waals surface area (Å²) in [5.41, 5.74) is 0.567. The molecule has 2 N–H and O–H groups in total. The van der Waals surface area contributed by atoms with Gasteiger partial charge in [0, 0.05) is 12.2 Å². The summed E-state index contributed by atoms with van der Waals surface area (Å²) in [4.78, 5) is 29.5. The number of hydrogen-bond acceptors (Lipinski definition) is 5. The molecule has 4 aliphatic carbocycles. The monoisotopic (exact) mass is 411 g/mol. The maximum absolute atomic E-state index is 13.2. The molecule has 4 aliphatic rings. The quantitative estimate of drug-likeness (QED) is 0.738. The predicted molar refractivity (Wildman–Crippen MR) is 110 cm³/mol. The molecule has 3 atom stereocenters. The second kappa shape index (κ2) is 6.80. The first-order chi connectivity index (χ1) is 14.3. The summed E-state index contributed by atoms with van der Waals surface area (Å²) in [5.74, 6) is 0.450. The van der Waals surface area contributed by atoms with Crippen molar-refractivity contribution in [2.24, 2.45) is 17.3 Å². The number of rotatable bonds is 5. The van der Waals surface area contributed by atoms with Gasteiger partial charge in [0.15, 0.2) is 5.69 Å². The second-order valence-electron chi connectivity index (χ2n) is 9.73. The molecule has 0 aromatic carbocycles. The molecule has 1 amide bonds. The summed E-state index contributed by atoms with van der Waals surface area (Å²) in [5, 5.41) is 14.3. The van der Waals surface area contributed by atoms with E-state index >= 15 is 0 Å². The Hall–Kier alpha value is -2.41. The smallest absolute Gasteiger partial charge is 0.358 e. The third-order valence-electron chi connectivity index (χ3n) is 7.55. The third-order valence-corrected chi connectivity index (χ3v) is 7.55. The molecule has 0 radical (unpaired) electrons. The Morgan fingerprint density at radius 1 is 1.30 bits per heavy atom. The van der Waals surface area contributed by atoms with Crippen LogP contribution < -0.4 is 5.32 Å². The van der Waals surface area contributed by atoms with Crippen LogP contribution >= 0.6 is 0 Å². The molecule has 6 rings (SSSR count). The van der Waals surface area contributed by atoms with E-state index < -0.39 is 11.6 Å². The first-order valence-corrected chi connectivity index (χ1v) is 11.0. The Labute approximate surface area is 175 Å². The van der Waals surface area contributed by atoms with Crippen molar-refractivity contribution in [3.8, 4) is 0 Å². The van der Waals surface area contributed by atoms with Gasteiger partial charge in [-0.3, -0.25) is 9.20 Å². The number of hydrogen-bond donors (Lipinski definition) is 2. The average Bonchev–Trinajstić information content (AvgIpc) is 3.10. The number of esters is 1. The number of aromatic nitrogens is 2. The van der Waals surface area contributed by atoms with Crippen LogP contribution in [0.4, 0.5) is 0 Å². The highest BCUT2D eigenvalue weighted by atomic mass is 16.5. The lowest BCUT2D eigenvalue weighted by atomic mass is 9.46. The summed E-state index contributed by atoms with van der Waals surface area (Å²) in [7, 11) is 0. The fourth-order valence-corrected chi connectivity index (χ4v) is 6.71. The Bertz CT molecular complexity index is 999. The van der Waals surface area contributed by atoms with Crippen molar-refractivity contribution in [2.75, 3.05) is 6.61 Å². The maximum Gasteiger partial charge on any atom is 0.358 e. The molecule has 4 bridgehead atoms. The van der Waals surface area contributed by atoms with Gasteiger partial charge in [0.1, 0.15) is 11.3 Å². The Morgan fingerprint density at radius 2 is 2.03 bits per heavy atom. The Kier molecular flexibility index (Phi) is 4.43. The summed E-state index contributed by atoms with van der Waals surface area (Å²) in [6.07, 6.45) is 7.53. The topological polar surface area (TPSA) is 92.9 Å². The van der Waals surface area contributed by atoms with Gasteiger partial charge in [-0.25, -0.2) is 9.78 Å². The lowest BCUT2D eigenvalue weighted by Gasteiger charge is -2.62. The summed E-state index contributed by atoms with van der Waals surface area (Å²) >= 11 is 0. The van der Waals surface area contributed by atoms with Crippen molar-refractivity contribution < 1.29 is 19.4 Å². The number of ether oxygens (including phenoxy) is 1. The first-order valence-electron chi connectivity index (χ1n) is 11.0. The van der Waals surface area contributed by atoms with Crippen LogP contribution in [-0.4, -0.2) is 44.6 Å². The van der Waals surface area contributed by atoms with E-state index in [0.717, 1.165) is 32.1 Å². The van der Waals surface area contributed by atoms with Crippen LogP contribution in [0, 0.1) is 17.3 Å². The number of carbonyl (C=O) groups is 2. The van der Waals surface area contributed by atoms with Crippen molar-refractivity contribution >= 4 is 17.5 Å². The van der Waals surface area contributed by atoms with Gasteiger partial charge in [0.2, 0.25) is 0 Å². The minimum atomic E-state index is -0.554. The van der Waals surface area contributed by atoms with Crippen LogP contribution in [0.3, 0.4) is 0 Å². The van der Waals surface area contributed by atoms with Crippen LogP contribution in [0.15, 0.2) is 24.4 Å². The van der Waals surface area contributed by atoms with E-state index in [1.165, 1.54) is 6.42 Å². The number of nitrogens with one attached hydrogen (secondary N) is 1. The number of aliphatic hydroxyl groups is 1. The van der Waals surface area contributed by atoms with Gasteiger partial charge in [0.05, 0.1) is 12.2 Å². The molecule has 160 valence electrons. The molecule has 0 saturated heterocycles. The number of imidazole rings is 1. The first kappa shape index (κ1) is 19.5. The third kappa shape index (κ3) is 3.11. The molecule has 2 heterocycles. The minimum Gasteiger partial charge on any atom is -0.461 e. The zero-order valence-corrected chi connectivity index (χ0v) is 17.6. The highest BCUT2D eigenvalue weighted by Gasteiger charge is 2.59. The largest absolute Gasteiger partial charge is 0.461 e. The molecule has 7 heteroatoms. The molecule has 0 spiro atoms. The van der Waals surface area contributed by atoms with Crippen molar-refractivity contribution in [3.05, 3.63) is 35.8 Å². The zero-order valence-electron chi connectivity index (χ0n) is 17.6. The molecular weight excluding hydrogens is 382 g/mol. The van der Waals surface area contributed by atoms with Crippen LogP contribution in [0.1, 0.15) is 73.3 Å². The molecule has 4 fully saturated rings. The van der Waals surface area contributed by atoms with Gasteiger partial charge in [-0.15, -0.1) is 0 Å². The number of nitrogens with zero attached hydrogens (tertiary/aromatic N) is 2. The summed E-state index contributed by atoms with van der Waals surface area (Å²) < 4.78 is 6.67. The van der Waals surface area contributed by atoms with Crippen LogP contribution in [0.5, 0.6) is 0 Å². The molecule has 2 aromatic rings. The van der Waals surface area contributed by atoms with Crippen molar-refractivity contribution in [3.63, 3.8) is 0 Å². The maximum atomic E-state index is 13.2. The van der Waals surface area contributed by atoms with Gasteiger partial charge in [-0.1, -0.05) is 6.07 Å². The van der Waals surface area contributed by atoms with E-state index in [-0.39, 0.29) is 29.7 Å². The number of carbonyl (C=O) groups excluding carboxylic acids is 2. The number of fused-ring (bicyclic) bond motifs is 1. The van der Waals surface area contributed by atoms with Gasteiger partial charge in [0.25, 0.3) is 5.91 Å². The lowest BCUT2D eigenvalue weighted by Crippen LogP contribution is -2.61. The van der Waals surface area contributed by atoms with E-state index in [2.05, 4.69) is 17.2 Å². The standard InChI is InChI=1S/C23H29N3O4/c1-3-30-21(28)17-12-26-18(5-4-6-19(26)25-17)20(27)24-14(2)22-8-15-7-16(9-22)11-23(29,10-15)13-22/h4-6,12,14-16,29H,3,7-11,13H2,1-2H3,(H,24,27). The summed E-state index contributed by atoms with van der Waals surface area (Å²) in [6, 6.07) is 5.23. The van der Waals surface area contributed by atoms with Gasteiger partial charge in [-0.05, 0) is 81.8 Å². The number of amides is 1. The summed E-state index contributed by atoms with van der Waals surface area (Å²) in [6.45, 7) is 4.09. The predicted octanol–water partition coefficient (Wildman–Crippen LogP) is 2.96. The minimum absolute atomic E-state index is 0.0343. The number of pyridine rings is 1. The second-order valence-corrected chi connectivity index (χ2v) is 9.73.